The molecule has 8 heterocycles. The normalized spacial score (nSPS) is 9.70. The molecular weight excluding hydrogens is 914 g/mol. The molecule has 0 radical (unpaired) electrons. The zero-order valence-electron chi connectivity index (χ0n) is 33.4. The van der Waals surface area contributed by atoms with Crippen LogP contribution in [0.3, 0.4) is 0 Å². The van der Waals surface area contributed by atoms with Crippen LogP contribution in [-0.4, -0.2) is 70.1 Å². The first-order valence-corrected chi connectivity index (χ1v) is 17.4. The van der Waals surface area contributed by atoms with Crippen LogP contribution in [0.4, 0.5) is 0 Å². The van der Waals surface area contributed by atoms with E-state index in [1.807, 2.05) is 79.7 Å². The van der Waals surface area contributed by atoms with Crippen molar-refractivity contribution < 1.29 is 116 Å². The molecule has 344 valence electrons. The van der Waals surface area contributed by atoms with Crippen LogP contribution < -0.4 is 56.5 Å². The number of nitrogens with zero attached hydrogens (tertiary/aromatic N) is 16. The number of rotatable bonds is 0. The van der Waals surface area contributed by atoms with Crippen LogP contribution in [0.5, 0.6) is 0 Å². The molecule has 0 aliphatic heterocycles. The summed E-state index contributed by atoms with van der Waals surface area (Å²) in [6, 6.07) is 7.90. The molecule has 0 aromatic carbocycles. The maximum atomic E-state index is 8.49. The Labute approximate surface area is 358 Å². The zero-order valence-corrected chi connectivity index (χ0v) is 35.9. The molecule has 8 aromatic rings. The van der Waals surface area contributed by atoms with Gasteiger partial charge in [0.2, 0.25) is 0 Å². The first kappa shape index (κ1) is 64.8. The van der Waals surface area contributed by atoms with Gasteiger partial charge >= 0.3 is 16.5 Å². The molecule has 0 aliphatic carbocycles. The fourth-order valence-electron chi connectivity index (χ4n) is 4.46. The van der Waals surface area contributed by atoms with Gasteiger partial charge in [0, 0.05) is 34.9 Å². The summed E-state index contributed by atoms with van der Waals surface area (Å²) in [6.45, 7) is 15.7. The monoisotopic (exact) mass is 960 g/mol. The summed E-state index contributed by atoms with van der Waals surface area (Å²) in [6.07, 6.45) is 6.03. The third kappa shape index (κ3) is 22.2. The largest absolute Gasteiger partial charge is 2.00 e. The van der Waals surface area contributed by atoms with E-state index in [9.17, 15) is 0 Å². The minimum absolute atomic E-state index is 0. The molecule has 16 N–H and O–H groups in total. The summed E-state index contributed by atoms with van der Waals surface area (Å²) in [5, 5.41) is 16.0. The first-order chi connectivity index (χ1) is 25.1. The number of hydrogen-bond acceptors (Lipinski definition) is 18. The fraction of sp³-hybridized carbons (Fsp3) is 0.286. The quantitative estimate of drug-likeness (QED) is 0.0773. The Hall–Kier alpha value is -5.29. The smallest absolute Gasteiger partial charge is 0.457 e. The van der Waals surface area contributed by atoms with Gasteiger partial charge in [0.25, 0.3) is 23.1 Å². The molecule has 8 rings (SSSR count). The van der Waals surface area contributed by atoms with E-state index in [2.05, 4.69) is 60.3 Å². The van der Waals surface area contributed by atoms with Crippen LogP contribution in [0.1, 0.15) is 45.6 Å². The Morgan fingerprint density at radius 2 is 0.754 bits per heavy atom. The van der Waals surface area contributed by atoms with E-state index < -0.39 is 20.5 Å². The molecule has 0 unspecified atom stereocenters. The van der Waals surface area contributed by atoms with Crippen molar-refractivity contribution in [3.63, 3.8) is 0 Å². The minimum Gasteiger partial charge on any atom is -0.457 e. The van der Waals surface area contributed by atoms with Crippen LogP contribution in [0.2, 0.25) is 0 Å². The molecule has 0 aliphatic rings. The Kier molecular flexibility index (Phi) is 30.1. The molecular formula is C28H48Cl2N16NiO14+4. The molecule has 33 heteroatoms. The second kappa shape index (κ2) is 28.3. The maximum absolute atomic E-state index is 8.49. The number of hydrogen-bond donors (Lipinski definition) is 0. The van der Waals surface area contributed by atoms with Crippen molar-refractivity contribution >= 4 is 23.1 Å². The van der Waals surface area contributed by atoms with Crippen molar-refractivity contribution in [2.24, 2.45) is 0 Å². The molecule has 0 saturated carbocycles. The second-order valence-electron chi connectivity index (χ2n) is 10.8. The van der Waals surface area contributed by atoms with E-state index >= 15 is 0 Å². The van der Waals surface area contributed by atoms with Gasteiger partial charge in [-0.2, -0.15) is 20.2 Å². The van der Waals surface area contributed by atoms with Crippen LogP contribution in [-0.2, 0) is 38.4 Å². The summed E-state index contributed by atoms with van der Waals surface area (Å²) < 4.78 is 74.8. The van der Waals surface area contributed by atoms with E-state index in [0.29, 0.717) is 23.1 Å². The van der Waals surface area contributed by atoms with Gasteiger partial charge in [-0.25, -0.2) is 65.3 Å². The van der Waals surface area contributed by atoms with Gasteiger partial charge in [0.15, 0.2) is 0 Å². The van der Waals surface area contributed by atoms with Crippen molar-refractivity contribution in [1.29, 1.82) is 0 Å². The number of aromatic nitrogens is 16. The van der Waals surface area contributed by atoms with Crippen molar-refractivity contribution in [1.82, 2.24) is 69.3 Å². The van der Waals surface area contributed by atoms with Gasteiger partial charge in [-0.1, -0.05) is 12.7 Å². The Morgan fingerprint density at radius 3 is 1.05 bits per heavy atom. The van der Waals surface area contributed by atoms with Gasteiger partial charge in [0.1, 0.15) is 24.0 Å². The molecule has 0 atom stereocenters. The van der Waals surface area contributed by atoms with E-state index in [1.54, 1.807) is 18.1 Å². The van der Waals surface area contributed by atoms with Crippen molar-refractivity contribution in [3.8, 4) is 0 Å². The molecule has 61 heavy (non-hydrogen) atoms. The third-order valence-electron chi connectivity index (χ3n) is 6.23. The Morgan fingerprint density at radius 1 is 0.475 bits per heavy atom. The summed E-state index contributed by atoms with van der Waals surface area (Å²) >= 11 is 0. The summed E-state index contributed by atoms with van der Waals surface area (Å²) in [4.78, 5) is 32.7. The predicted molar refractivity (Wildman–Crippen MR) is 183 cm³/mol. The van der Waals surface area contributed by atoms with Crippen molar-refractivity contribution in [2.75, 3.05) is 0 Å². The standard InChI is InChI=1S/4C7H8N4.2ClHO4.Ni.6H2O/c4*1-5-3-6(2)11-7(10-5)8-4-9-11;2*2-1(3,4)5;;;;;;;/h4*3-4H,1-2H3;2*(H,2,3,4,5);;6*1H2/q;;;;;;+2;;;;;;/p+2. The average molecular weight is 962 g/mol. The van der Waals surface area contributed by atoms with E-state index in [1.165, 1.54) is 25.3 Å². The summed E-state index contributed by atoms with van der Waals surface area (Å²) in [5.74, 6) is 2.68. The van der Waals surface area contributed by atoms with Crippen LogP contribution in [0.15, 0.2) is 49.6 Å². The Balaban J connectivity index is -0.000000206. The first-order valence-electron chi connectivity index (χ1n) is 14.9. The Bertz CT molecular complexity index is 2110. The molecule has 0 amide bonds. The maximum Gasteiger partial charge on any atom is 2.00 e. The van der Waals surface area contributed by atoms with Gasteiger partial charge < -0.3 is 53.0 Å². The van der Waals surface area contributed by atoms with Crippen LogP contribution in [0, 0.1) is 75.9 Å². The third-order valence-corrected chi connectivity index (χ3v) is 6.23. The van der Waals surface area contributed by atoms with Gasteiger partial charge in [-0.3, -0.25) is 0 Å². The van der Waals surface area contributed by atoms with E-state index in [4.69, 9.17) is 37.3 Å². The number of aryl methyl sites for hydroxylation is 8. The summed E-state index contributed by atoms with van der Waals surface area (Å²) in [7, 11) is -9.89. The topological polar surface area (TPSA) is 554 Å². The molecule has 0 fully saturated rings. The van der Waals surface area contributed by atoms with Crippen molar-refractivity contribution in [2.45, 2.75) is 55.4 Å². The van der Waals surface area contributed by atoms with Gasteiger partial charge in [0.05, 0.1) is 11.4 Å². The number of halogens is 2. The molecule has 0 bridgehead atoms. The molecule has 8 aromatic heterocycles. The SMILES string of the molecule is Cc1cc(C)[n+]2[n-]cnc2n1.Cc1cc(C)[n+]2[n-]cnc2n1.Cc1cc(C)n2ncnc2n1.Cc1cc(C)n2ncnc2n1.O.O.[Ni+2].[O-][Cl+3]([O-])([O-])[O-].[O-][Cl+3]([O-])([O-])[O-].[OH3+].[OH3+].[OH3+].[OH3+]. The minimum atomic E-state index is -4.94. The van der Waals surface area contributed by atoms with Crippen LogP contribution in [0.25, 0.3) is 23.1 Å². The summed E-state index contributed by atoms with van der Waals surface area (Å²) in [5.41, 5.74) is 8.14. The zero-order chi connectivity index (χ0) is 40.4. The second-order valence-corrected chi connectivity index (χ2v) is 12.3. The molecule has 0 saturated heterocycles. The fourth-order valence-corrected chi connectivity index (χ4v) is 4.46. The van der Waals surface area contributed by atoms with Gasteiger partial charge in [-0.05, 0) is 67.5 Å². The van der Waals surface area contributed by atoms with Gasteiger partial charge in [-0.15, -0.1) is 30.5 Å². The van der Waals surface area contributed by atoms with E-state index in [0.717, 1.165) is 45.6 Å². The van der Waals surface area contributed by atoms with Crippen molar-refractivity contribution in [3.05, 3.63) is 95.1 Å². The van der Waals surface area contributed by atoms with Crippen LogP contribution >= 0.6 is 0 Å². The molecule has 30 nitrogen and oxygen atoms in total. The predicted octanol–water partition coefficient (Wildman–Crippen LogP) is -13.8. The number of fused-ring (bicyclic) bond motifs is 4. The van der Waals surface area contributed by atoms with E-state index in [-0.39, 0.29) is 49.3 Å². The average Bonchev–Trinajstić information content (AvgIpc) is 3.83. The molecule has 0 spiro atoms.